The molecule has 2 aliphatic heterocycles. The predicted octanol–water partition coefficient (Wildman–Crippen LogP) is 26.1. The van der Waals surface area contributed by atoms with Gasteiger partial charge in [-0.2, -0.15) is 0 Å². The normalized spacial score (nSPS) is 12.6. The maximum Gasteiger partial charge on any atom is 0.252 e. The van der Waals surface area contributed by atoms with Gasteiger partial charge >= 0.3 is 0 Å². The van der Waals surface area contributed by atoms with Gasteiger partial charge in [-0.25, -0.2) is 0 Å². The standard InChI is InChI=1S/C100H77BN2O2/c1-60-52-62(3)91(63(4)53-60)83-46-26-44-81-79-42-24-40-77(96(79)104-98(81)83)70-48-50-87-85(56-70)101-86-57-71(78-41-25-43-80-82-45-27-47-84(99(82)105-97(78)80)92-64(5)54-61(2)55-65(92)6)49-51-88(86)103(95-75(68-32-18-12-19-33-68)38-23-39-76(95)69-34-20-13-21-35-69)90-59-72(100(7,8)9)58-89(93(90)101)102(87)94-73(66-28-14-10-15-29-66)36-22-37-74(94)67-30-16-11-17-31-67/h10-59H,1-9H3. The molecule has 0 N–H and O–H groups in total. The van der Waals surface area contributed by atoms with Crippen LogP contribution >= 0.6 is 0 Å². The molecule has 19 rings (SSSR count). The van der Waals surface area contributed by atoms with E-state index < -0.39 is 0 Å². The van der Waals surface area contributed by atoms with Gasteiger partial charge in [-0.05, 0) is 160 Å². The molecular formula is C100H77BN2O2. The second-order valence-corrected chi connectivity index (χ2v) is 30.2. The first kappa shape index (κ1) is 63.5. The van der Waals surface area contributed by atoms with Crippen molar-refractivity contribution in [1.82, 2.24) is 0 Å². The monoisotopic (exact) mass is 1350 g/mol. The van der Waals surface area contributed by atoms with Gasteiger partial charge in [0.25, 0.3) is 6.71 Å². The molecule has 502 valence electrons. The first-order valence-corrected chi connectivity index (χ1v) is 36.8. The molecular weight excluding hydrogens is 1270 g/mol. The van der Waals surface area contributed by atoms with E-state index in [-0.39, 0.29) is 12.1 Å². The summed E-state index contributed by atoms with van der Waals surface area (Å²) >= 11 is 0. The molecule has 0 bridgehead atoms. The van der Waals surface area contributed by atoms with Crippen LogP contribution in [0.3, 0.4) is 0 Å². The van der Waals surface area contributed by atoms with Crippen LogP contribution < -0.4 is 26.2 Å². The lowest BCUT2D eigenvalue weighted by molar-refractivity contribution is 0.590. The van der Waals surface area contributed by atoms with Crippen molar-refractivity contribution in [1.29, 1.82) is 0 Å². The Morgan fingerprint density at radius 3 is 0.886 bits per heavy atom. The molecule has 0 saturated carbocycles. The van der Waals surface area contributed by atoms with Crippen LogP contribution in [0.15, 0.2) is 312 Å². The second kappa shape index (κ2) is 24.6. The molecule has 2 aliphatic rings. The van der Waals surface area contributed by atoms with E-state index in [4.69, 9.17) is 8.83 Å². The quantitative estimate of drug-likeness (QED) is 0.128. The molecule has 0 saturated heterocycles. The predicted molar refractivity (Wildman–Crippen MR) is 446 cm³/mol. The molecule has 2 aromatic heterocycles. The first-order chi connectivity index (χ1) is 51.2. The highest BCUT2D eigenvalue weighted by atomic mass is 16.3. The van der Waals surface area contributed by atoms with Crippen LogP contribution in [-0.2, 0) is 5.41 Å². The number of hydrogen-bond donors (Lipinski definition) is 0. The van der Waals surface area contributed by atoms with Crippen molar-refractivity contribution in [2.24, 2.45) is 0 Å². The number of hydrogen-bond acceptors (Lipinski definition) is 4. The molecule has 0 atom stereocenters. The summed E-state index contributed by atoms with van der Waals surface area (Å²) in [4.78, 5) is 5.32. The lowest BCUT2D eigenvalue weighted by atomic mass is 9.33. The highest BCUT2D eigenvalue weighted by Crippen LogP contribution is 2.55. The zero-order valence-corrected chi connectivity index (χ0v) is 60.7. The number of fused-ring (bicyclic) bond motifs is 10. The summed E-state index contributed by atoms with van der Waals surface area (Å²) in [6.45, 7) is 20.1. The first-order valence-electron chi connectivity index (χ1n) is 36.8. The fraction of sp³-hybridized carbons (Fsp3) is 0.100. The van der Waals surface area contributed by atoms with Crippen molar-refractivity contribution in [2.45, 2.75) is 67.7 Å². The molecule has 0 spiro atoms. The minimum absolute atomic E-state index is 0.307. The van der Waals surface area contributed by atoms with Crippen LogP contribution in [0, 0.1) is 41.5 Å². The molecule has 0 aliphatic carbocycles. The van der Waals surface area contributed by atoms with Gasteiger partial charge < -0.3 is 18.6 Å². The van der Waals surface area contributed by atoms with Crippen molar-refractivity contribution < 1.29 is 8.83 Å². The summed E-state index contributed by atoms with van der Waals surface area (Å²) in [5.74, 6) is 0. The fourth-order valence-corrected chi connectivity index (χ4v) is 17.9. The zero-order valence-electron chi connectivity index (χ0n) is 60.7. The third-order valence-corrected chi connectivity index (χ3v) is 22.4. The van der Waals surface area contributed by atoms with Gasteiger partial charge in [0.05, 0.1) is 11.4 Å². The molecule has 105 heavy (non-hydrogen) atoms. The van der Waals surface area contributed by atoms with Gasteiger partial charge in [-0.1, -0.05) is 311 Å². The zero-order chi connectivity index (χ0) is 71.1. The largest absolute Gasteiger partial charge is 0.455 e. The van der Waals surface area contributed by atoms with Crippen molar-refractivity contribution in [3.63, 3.8) is 0 Å². The van der Waals surface area contributed by atoms with Gasteiger partial charge in [0.2, 0.25) is 0 Å². The molecule has 0 unspecified atom stereocenters. The summed E-state index contributed by atoms with van der Waals surface area (Å²) in [7, 11) is 0. The number of aryl methyl sites for hydroxylation is 6. The highest BCUT2D eigenvalue weighted by molar-refractivity contribution is 7.00. The summed E-state index contributed by atoms with van der Waals surface area (Å²) in [5.41, 5.74) is 40.1. The lowest BCUT2D eigenvalue weighted by Crippen LogP contribution is -2.61. The van der Waals surface area contributed by atoms with Gasteiger partial charge in [0.15, 0.2) is 0 Å². The Balaban J connectivity index is 0.949. The second-order valence-electron chi connectivity index (χ2n) is 30.2. The fourth-order valence-electron chi connectivity index (χ4n) is 17.9. The van der Waals surface area contributed by atoms with Gasteiger partial charge in [0.1, 0.15) is 22.3 Å². The SMILES string of the molecule is Cc1cc(C)c(-c2cccc3c2oc2c(-c4ccc5c(c4)B4c6cc(-c7cccc8c7oc7c(-c9c(C)cc(C)cc9C)cccc78)ccc6N(c6c(-c7ccccc7)cccc6-c6ccccc6)c6cc(C(C)(C)C)cc(c64)N5c4c(-c5ccccc5)cccc4-c4ccccc4)cccc23)c(C)c1. The molecule has 5 heteroatoms. The van der Waals surface area contributed by atoms with Crippen LogP contribution in [0.5, 0.6) is 0 Å². The Kier molecular flexibility index (Phi) is 14.9. The molecule has 15 aromatic carbocycles. The Morgan fingerprint density at radius 2 is 0.562 bits per heavy atom. The number of nitrogens with zero attached hydrogens (tertiary/aromatic N) is 2. The number of benzene rings is 15. The third kappa shape index (κ3) is 10.3. The summed E-state index contributed by atoms with van der Waals surface area (Å²) < 4.78 is 14.9. The van der Waals surface area contributed by atoms with E-state index in [1.54, 1.807) is 0 Å². The van der Waals surface area contributed by atoms with Crippen LogP contribution in [-0.4, -0.2) is 6.71 Å². The Morgan fingerprint density at radius 1 is 0.267 bits per heavy atom. The van der Waals surface area contributed by atoms with E-state index in [9.17, 15) is 0 Å². The molecule has 4 heterocycles. The van der Waals surface area contributed by atoms with Crippen molar-refractivity contribution >= 4 is 101 Å². The number of para-hydroxylation sites is 6. The van der Waals surface area contributed by atoms with E-state index in [2.05, 4.69) is 375 Å². The highest BCUT2D eigenvalue weighted by Gasteiger charge is 2.46. The van der Waals surface area contributed by atoms with Crippen LogP contribution in [0.1, 0.15) is 59.7 Å². The third-order valence-electron chi connectivity index (χ3n) is 22.4. The number of furan rings is 2. The maximum absolute atomic E-state index is 7.47. The maximum atomic E-state index is 7.47. The summed E-state index contributed by atoms with van der Waals surface area (Å²) in [6.07, 6.45) is 0. The Labute approximate surface area is 614 Å². The average Bonchev–Trinajstić information content (AvgIpc) is 0.913. The molecule has 4 nitrogen and oxygen atoms in total. The molecule has 0 fully saturated rings. The van der Waals surface area contributed by atoms with Crippen molar-refractivity contribution in [3.8, 4) is 89.0 Å². The van der Waals surface area contributed by atoms with Gasteiger partial charge in [-0.15, -0.1) is 0 Å². The van der Waals surface area contributed by atoms with Crippen LogP contribution in [0.2, 0.25) is 0 Å². The van der Waals surface area contributed by atoms with E-state index in [0.717, 1.165) is 156 Å². The van der Waals surface area contributed by atoms with E-state index >= 15 is 0 Å². The topological polar surface area (TPSA) is 32.8 Å². The summed E-state index contributed by atoms with van der Waals surface area (Å²) in [6, 6.07) is 113. The van der Waals surface area contributed by atoms with E-state index in [1.807, 2.05) is 0 Å². The lowest BCUT2D eigenvalue weighted by Gasteiger charge is -2.46. The number of anilines is 6. The Hall–Kier alpha value is -12.4. The molecule has 0 amide bonds. The van der Waals surface area contributed by atoms with Crippen molar-refractivity contribution in [2.75, 3.05) is 9.80 Å². The van der Waals surface area contributed by atoms with Gasteiger partial charge in [0, 0.05) is 88.8 Å². The molecule has 17 aromatic rings. The smallest absolute Gasteiger partial charge is 0.252 e. The minimum atomic E-state index is -0.322. The van der Waals surface area contributed by atoms with E-state index in [1.165, 1.54) is 66.5 Å². The van der Waals surface area contributed by atoms with Gasteiger partial charge in [-0.3, -0.25) is 0 Å². The minimum Gasteiger partial charge on any atom is -0.455 e. The Bertz CT molecular complexity index is 5850. The average molecular weight is 1350 g/mol. The number of rotatable bonds is 10. The molecule has 0 radical (unpaired) electrons. The van der Waals surface area contributed by atoms with Crippen LogP contribution in [0.25, 0.3) is 133 Å². The van der Waals surface area contributed by atoms with Crippen LogP contribution in [0.4, 0.5) is 34.1 Å². The van der Waals surface area contributed by atoms with E-state index in [0.29, 0.717) is 0 Å². The van der Waals surface area contributed by atoms with Crippen molar-refractivity contribution in [3.05, 3.63) is 342 Å². The summed E-state index contributed by atoms with van der Waals surface area (Å²) in [5, 5.41) is 4.37.